The molecule has 0 bridgehead atoms. The van der Waals surface area contributed by atoms with Gasteiger partial charge in [0.1, 0.15) is 0 Å². The largest absolute Gasteiger partial charge is 0.415 e. The molecule has 1 atom stereocenters. The standard InChI is InChI=1S/C11H15F3N2O/c1-3-6-16(7-8-4-5-8)9(17)10(2,15)11(12,13)14/h1,8H,4-7,15H2,2H3. The fraction of sp³-hybridized carbons (Fsp3) is 0.727. The molecule has 1 amide bonds. The first-order valence-electron chi connectivity index (χ1n) is 5.28. The van der Waals surface area contributed by atoms with Gasteiger partial charge in [-0.05, 0) is 25.7 Å². The summed E-state index contributed by atoms with van der Waals surface area (Å²) in [6, 6.07) is 0. The van der Waals surface area contributed by atoms with Crippen molar-refractivity contribution in [1.29, 1.82) is 0 Å². The molecule has 1 rings (SSSR count). The average molecular weight is 248 g/mol. The van der Waals surface area contributed by atoms with E-state index in [1.807, 2.05) is 0 Å². The molecule has 6 heteroatoms. The predicted octanol–water partition coefficient (Wildman–Crippen LogP) is 1.14. The molecule has 96 valence electrons. The van der Waals surface area contributed by atoms with Crippen LogP contribution < -0.4 is 5.73 Å². The summed E-state index contributed by atoms with van der Waals surface area (Å²) >= 11 is 0. The van der Waals surface area contributed by atoms with Crippen molar-refractivity contribution in [2.75, 3.05) is 13.1 Å². The van der Waals surface area contributed by atoms with E-state index < -0.39 is 17.6 Å². The van der Waals surface area contributed by atoms with E-state index in [9.17, 15) is 18.0 Å². The molecule has 2 N–H and O–H groups in total. The molecule has 1 unspecified atom stereocenters. The molecule has 1 saturated carbocycles. The van der Waals surface area contributed by atoms with Gasteiger partial charge in [-0.1, -0.05) is 5.92 Å². The van der Waals surface area contributed by atoms with Crippen LogP contribution in [0.1, 0.15) is 19.8 Å². The Balaban J connectivity index is 2.79. The Labute approximate surface area is 98.1 Å². The molecular weight excluding hydrogens is 233 g/mol. The van der Waals surface area contributed by atoms with E-state index in [2.05, 4.69) is 5.92 Å². The number of nitrogens with zero attached hydrogens (tertiary/aromatic N) is 1. The molecule has 0 aliphatic heterocycles. The Kier molecular flexibility index (Phi) is 3.72. The number of nitrogens with two attached hydrogens (primary N) is 1. The van der Waals surface area contributed by atoms with Crippen molar-refractivity contribution in [2.24, 2.45) is 11.7 Å². The van der Waals surface area contributed by atoms with Gasteiger partial charge in [0.15, 0.2) is 5.54 Å². The minimum atomic E-state index is -4.78. The molecular formula is C11H15F3N2O. The lowest BCUT2D eigenvalue weighted by molar-refractivity contribution is -0.193. The van der Waals surface area contributed by atoms with Gasteiger partial charge in [-0.15, -0.1) is 6.42 Å². The van der Waals surface area contributed by atoms with Crippen molar-refractivity contribution >= 4 is 5.91 Å². The van der Waals surface area contributed by atoms with E-state index in [-0.39, 0.29) is 19.0 Å². The maximum atomic E-state index is 12.6. The fourth-order valence-electron chi connectivity index (χ4n) is 1.39. The van der Waals surface area contributed by atoms with Crippen molar-refractivity contribution < 1.29 is 18.0 Å². The van der Waals surface area contributed by atoms with E-state index in [0.717, 1.165) is 17.7 Å². The van der Waals surface area contributed by atoms with Crippen LogP contribution in [-0.2, 0) is 4.79 Å². The van der Waals surface area contributed by atoms with E-state index >= 15 is 0 Å². The number of carbonyl (C=O) groups is 1. The summed E-state index contributed by atoms with van der Waals surface area (Å²) in [6.45, 7) is 0.788. The quantitative estimate of drug-likeness (QED) is 0.758. The molecule has 0 aromatic rings. The molecule has 0 saturated heterocycles. The average Bonchev–Trinajstić information content (AvgIpc) is 2.98. The van der Waals surface area contributed by atoms with E-state index in [1.165, 1.54) is 0 Å². The monoisotopic (exact) mass is 248 g/mol. The molecule has 1 fully saturated rings. The van der Waals surface area contributed by atoms with Gasteiger partial charge >= 0.3 is 6.18 Å². The Hall–Kier alpha value is -1.22. The highest BCUT2D eigenvalue weighted by Crippen LogP contribution is 2.33. The molecule has 0 heterocycles. The molecule has 17 heavy (non-hydrogen) atoms. The minimum Gasteiger partial charge on any atom is -0.329 e. The van der Waals surface area contributed by atoms with Gasteiger partial charge in [0, 0.05) is 6.54 Å². The van der Waals surface area contributed by atoms with Crippen LogP contribution in [-0.4, -0.2) is 35.6 Å². The number of carbonyl (C=O) groups excluding carboxylic acids is 1. The third-order valence-electron chi connectivity index (χ3n) is 2.78. The SMILES string of the molecule is C#CCN(CC1CC1)C(=O)C(C)(N)C(F)(F)F. The number of rotatable bonds is 4. The van der Waals surface area contributed by atoms with Gasteiger partial charge < -0.3 is 10.6 Å². The number of alkyl halides is 3. The fourth-order valence-corrected chi connectivity index (χ4v) is 1.39. The number of halogens is 3. The first kappa shape index (κ1) is 13.8. The lowest BCUT2D eigenvalue weighted by Crippen LogP contribution is -2.62. The summed E-state index contributed by atoms with van der Waals surface area (Å²) < 4.78 is 37.8. The van der Waals surface area contributed by atoms with Crippen LogP contribution in [0.3, 0.4) is 0 Å². The second-order valence-electron chi connectivity index (χ2n) is 4.53. The third kappa shape index (κ3) is 3.13. The van der Waals surface area contributed by atoms with Gasteiger partial charge in [-0.25, -0.2) is 0 Å². The Morgan fingerprint density at radius 2 is 2.06 bits per heavy atom. The van der Waals surface area contributed by atoms with Crippen LogP contribution in [0.4, 0.5) is 13.2 Å². The molecule has 1 aliphatic carbocycles. The summed E-state index contributed by atoms with van der Waals surface area (Å²) in [5, 5.41) is 0. The number of hydrogen-bond acceptors (Lipinski definition) is 2. The van der Waals surface area contributed by atoms with Gasteiger partial charge in [0.2, 0.25) is 0 Å². The number of amides is 1. The molecule has 0 radical (unpaired) electrons. The maximum Gasteiger partial charge on any atom is 0.415 e. The lowest BCUT2D eigenvalue weighted by Gasteiger charge is -2.32. The number of hydrogen-bond donors (Lipinski definition) is 1. The first-order valence-corrected chi connectivity index (χ1v) is 5.28. The Morgan fingerprint density at radius 3 is 2.41 bits per heavy atom. The first-order chi connectivity index (χ1) is 7.70. The van der Waals surface area contributed by atoms with Gasteiger partial charge in [-0.2, -0.15) is 13.2 Å². The molecule has 0 spiro atoms. The summed E-state index contributed by atoms with van der Waals surface area (Å²) in [5.74, 6) is 1.29. The molecule has 3 nitrogen and oxygen atoms in total. The zero-order chi connectivity index (χ0) is 13.3. The summed E-state index contributed by atoms with van der Waals surface area (Å²) in [5.41, 5.74) is 2.20. The normalized spacial score (nSPS) is 19.3. The van der Waals surface area contributed by atoms with Gasteiger partial charge in [0.25, 0.3) is 5.91 Å². The van der Waals surface area contributed by atoms with Crippen LogP contribution in [0.2, 0.25) is 0 Å². The topological polar surface area (TPSA) is 46.3 Å². The molecule has 0 aromatic heterocycles. The highest BCUT2D eigenvalue weighted by molar-refractivity contribution is 5.87. The van der Waals surface area contributed by atoms with E-state index in [0.29, 0.717) is 6.92 Å². The molecule has 1 aliphatic rings. The van der Waals surface area contributed by atoms with E-state index in [1.54, 1.807) is 0 Å². The predicted molar refractivity (Wildman–Crippen MR) is 56.8 cm³/mol. The van der Waals surface area contributed by atoms with Gasteiger partial charge in [-0.3, -0.25) is 4.79 Å². The van der Waals surface area contributed by atoms with E-state index in [4.69, 9.17) is 12.2 Å². The smallest absolute Gasteiger partial charge is 0.329 e. The third-order valence-corrected chi connectivity index (χ3v) is 2.78. The van der Waals surface area contributed by atoms with Crippen molar-refractivity contribution in [2.45, 2.75) is 31.5 Å². The summed E-state index contributed by atoms with van der Waals surface area (Å²) in [4.78, 5) is 12.8. The zero-order valence-corrected chi connectivity index (χ0v) is 9.55. The second-order valence-corrected chi connectivity index (χ2v) is 4.53. The van der Waals surface area contributed by atoms with Crippen molar-refractivity contribution in [3.63, 3.8) is 0 Å². The van der Waals surface area contributed by atoms with Crippen LogP contribution in [0.5, 0.6) is 0 Å². The highest BCUT2D eigenvalue weighted by Gasteiger charge is 2.55. The number of terminal acetylenes is 1. The Bertz CT molecular complexity index is 340. The maximum absolute atomic E-state index is 12.6. The van der Waals surface area contributed by atoms with Gasteiger partial charge in [0.05, 0.1) is 6.54 Å². The Morgan fingerprint density at radius 1 is 1.53 bits per heavy atom. The van der Waals surface area contributed by atoms with Crippen molar-refractivity contribution in [3.05, 3.63) is 0 Å². The zero-order valence-electron chi connectivity index (χ0n) is 9.55. The highest BCUT2D eigenvalue weighted by atomic mass is 19.4. The second kappa shape index (κ2) is 4.57. The summed E-state index contributed by atoms with van der Waals surface area (Å²) in [6.07, 6.45) is 2.11. The minimum absolute atomic E-state index is 0.141. The summed E-state index contributed by atoms with van der Waals surface area (Å²) in [7, 11) is 0. The van der Waals surface area contributed by atoms with Crippen molar-refractivity contribution in [3.8, 4) is 12.3 Å². The lowest BCUT2D eigenvalue weighted by atomic mass is 10.0. The van der Waals surface area contributed by atoms with Crippen LogP contribution >= 0.6 is 0 Å². The molecule has 0 aromatic carbocycles. The van der Waals surface area contributed by atoms with Crippen LogP contribution in [0, 0.1) is 18.3 Å². The van der Waals surface area contributed by atoms with Crippen molar-refractivity contribution in [1.82, 2.24) is 4.90 Å². The van der Waals surface area contributed by atoms with Crippen LogP contribution in [0.25, 0.3) is 0 Å². The van der Waals surface area contributed by atoms with Crippen LogP contribution in [0.15, 0.2) is 0 Å².